The zero-order chi connectivity index (χ0) is 14.7. The second-order valence-corrected chi connectivity index (χ2v) is 6.02. The van der Waals surface area contributed by atoms with Crippen LogP contribution in [0.15, 0.2) is 18.6 Å². The van der Waals surface area contributed by atoms with Crippen molar-refractivity contribution in [3.8, 4) is 0 Å². The Morgan fingerprint density at radius 3 is 3.10 bits per heavy atom. The fourth-order valence-corrected chi connectivity index (χ4v) is 3.22. The molecule has 5 nitrogen and oxygen atoms in total. The van der Waals surface area contributed by atoms with E-state index in [2.05, 4.69) is 31.7 Å². The number of hydrogen-bond acceptors (Lipinski definition) is 4. The van der Waals surface area contributed by atoms with E-state index in [4.69, 9.17) is 0 Å². The summed E-state index contributed by atoms with van der Waals surface area (Å²) in [6, 6.07) is 2.04. The molecule has 1 saturated heterocycles. The molecule has 0 saturated carbocycles. The molecule has 1 aliphatic rings. The fourth-order valence-electron chi connectivity index (χ4n) is 3.22. The number of nitrogens with one attached hydrogen (secondary N) is 1. The van der Waals surface area contributed by atoms with E-state index in [0.717, 1.165) is 42.9 Å². The molecule has 0 spiro atoms. The van der Waals surface area contributed by atoms with Crippen molar-refractivity contribution in [1.82, 2.24) is 19.9 Å². The second-order valence-electron chi connectivity index (χ2n) is 6.02. The number of nitrogens with zero attached hydrogens (tertiary/aromatic N) is 4. The Hall–Kier alpha value is -1.62. The van der Waals surface area contributed by atoms with Crippen LogP contribution in [0.25, 0.3) is 11.0 Å². The van der Waals surface area contributed by atoms with E-state index in [1.165, 1.54) is 19.4 Å². The van der Waals surface area contributed by atoms with Gasteiger partial charge in [-0.1, -0.05) is 6.92 Å². The molecule has 1 N–H and O–H groups in total. The van der Waals surface area contributed by atoms with Crippen molar-refractivity contribution < 1.29 is 0 Å². The number of hydrogen-bond donors (Lipinski definition) is 1. The van der Waals surface area contributed by atoms with Gasteiger partial charge in [0.05, 0.1) is 11.8 Å². The molecule has 0 aliphatic carbocycles. The Balaban J connectivity index is 1.87. The van der Waals surface area contributed by atoms with Crippen molar-refractivity contribution in [3.63, 3.8) is 0 Å². The number of piperidine rings is 1. The average Bonchev–Trinajstić information content (AvgIpc) is 2.90. The largest absolute Gasteiger partial charge is 0.354 e. The summed E-state index contributed by atoms with van der Waals surface area (Å²) in [6.45, 7) is 6.63. The minimum Gasteiger partial charge on any atom is -0.354 e. The Labute approximate surface area is 126 Å². The van der Waals surface area contributed by atoms with Gasteiger partial charge in [0.1, 0.15) is 5.52 Å². The lowest BCUT2D eigenvalue weighted by Crippen LogP contribution is -2.39. The predicted octanol–water partition coefficient (Wildman–Crippen LogP) is 2.18. The highest BCUT2D eigenvalue weighted by molar-refractivity contribution is 5.86. The van der Waals surface area contributed by atoms with E-state index in [-0.39, 0.29) is 0 Å². The summed E-state index contributed by atoms with van der Waals surface area (Å²) in [5.74, 6) is 1.76. The van der Waals surface area contributed by atoms with Gasteiger partial charge in [-0.05, 0) is 44.3 Å². The first kappa shape index (κ1) is 14.3. The molecular weight excluding hydrogens is 262 g/mol. The zero-order valence-corrected chi connectivity index (χ0v) is 13.0. The standard InChI is InChI=1S/C16H25N5/c1-3-9-21(11-13-5-4-7-17-10-13)16-15-14(6-8-18-16)20(2)12-19-15/h6,8,12-13,17H,3-5,7,9-11H2,1-2H3. The van der Waals surface area contributed by atoms with Crippen molar-refractivity contribution in [2.24, 2.45) is 13.0 Å². The van der Waals surface area contributed by atoms with Gasteiger partial charge < -0.3 is 14.8 Å². The third-order valence-electron chi connectivity index (χ3n) is 4.29. The molecular formula is C16H25N5. The van der Waals surface area contributed by atoms with Crippen LogP contribution < -0.4 is 10.2 Å². The van der Waals surface area contributed by atoms with Crippen LogP contribution in [0.5, 0.6) is 0 Å². The SMILES string of the molecule is CCCN(CC1CCCNC1)c1nccc2c1ncn2C. The number of aryl methyl sites for hydroxylation is 1. The van der Waals surface area contributed by atoms with Crippen LogP contribution in [-0.2, 0) is 7.05 Å². The molecule has 0 radical (unpaired) electrons. The minimum atomic E-state index is 0.714. The van der Waals surface area contributed by atoms with Crippen molar-refractivity contribution in [2.45, 2.75) is 26.2 Å². The second kappa shape index (κ2) is 6.43. The molecule has 2 aromatic heterocycles. The minimum absolute atomic E-state index is 0.714. The van der Waals surface area contributed by atoms with Gasteiger partial charge in [0.2, 0.25) is 0 Å². The van der Waals surface area contributed by atoms with Gasteiger partial charge in [-0.3, -0.25) is 0 Å². The van der Waals surface area contributed by atoms with E-state index in [1.807, 2.05) is 25.6 Å². The van der Waals surface area contributed by atoms with Gasteiger partial charge in [0.15, 0.2) is 5.82 Å². The number of fused-ring (bicyclic) bond motifs is 1. The van der Waals surface area contributed by atoms with E-state index < -0.39 is 0 Å². The van der Waals surface area contributed by atoms with E-state index >= 15 is 0 Å². The van der Waals surface area contributed by atoms with Gasteiger partial charge >= 0.3 is 0 Å². The number of imidazole rings is 1. The first-order chi connectivity index (χ1) is 10.3. The van der Waals surface area contributed by atoms with Crippen LogP contribution in [0, 0.1) is 5.92 Å². The van der Waals surface area contributed by atoms with Gasteiger partial charge in [0, 0.05) is 26.3 Å². The Kier molecular flexibility index (Phi) is 4.39. The fraction of sp³-hybridized carbons (Fsp3) is 0.625. The Morgan fingerprint density at radius 2 is 2.33 bits per heavy atom. The molecule has 2 aromatic rings. The number of pyridine rings is 1. The number of aromatic nitrogens is 3. The zero-order valence-electron chi connectivity index (χ0n) is 13.0. The molecule has 0 bridgehead atoms. The normalized spacial score (nSPS) is 19.0. The summed E-state index contributed by atoms with van der Waals surface area (Å²) in [5.41, 5.74) is 2.18. The summed E-state index contributed by atoms with van der Waals surface area (Å²) in [5, 5.41) is 3.51. The molecule has 21 heavy (non-hydrogen) atoms. The van der Waals surface area contributed by atoms with Crippen molar-refractivity contribution in [3.05, 3.63) is 18.6 Å². The van der Waals surface area contributed by atoms with E-state index in [9.17, 15) is 0 Å². The topological polar surface area (TPSA) is 46.0 Å². The lowest BCUT2D eigenvalue weighted by atomic mass is 9.99. The van der Waals surface area contributed by atoms with Gasteiger partial charge in [-0.25, -0.2) is 9.97 Å². The molecule has 114 valence electrons. The number of anilines is 1. The first-order valence-corrected chi connectivity index (χ1v) is 8.01. The lowest BCUT2D eigenvalue weighted by Gasteiger charge is -2.30. The molecule has 1 unspecified atom stereocenters. The third-order valence-corrected chi connectivity index (χ3v) is 4.29. The maximum atomic E-state index is 4.63. The molecule has 1 fully saturated rings. The highest BCUT2D eigenvalue weighted by atomic mass is 15.2. The van der Waals surface area contributed by atoms with Gasteiger partial charge in [-0.15, -0.1) is 0 Å². The summed E-state index contributed by atoms with van der Waals surface area (Å²) < 4.78 is 2.06. The summed E-state index contributed by atoms with van der Waals surface area (Å²) >= 11 is 0. The van der Waals surface area contributed by atoms with Crippen LogP contribution in [0.4, 0.5) is 5.82 Å². The average molecular weight is 287 g/mol. The molecule has 0 aromatic carbocycles. The highest BCUT2D eigenvalue weighted by Gasteiger charge is 2.20. The van der Waals surface area contributed by atoms with E-state index in [0.29, 0.717) is 5.92 Å². The molecule has 5 heteroatoms. The third kappa shape index (κ3) is 3.02. The van der Waals surface area contributed by atoms with Crippen LogP contribution >= 0.6 is 0 Å². The smallest absolute Gasteiger partial charge is 0.156 e. The highest BCUT2D eigenvalue weighted by Crippen LogP contribution is 2.24. The van der Waals surface area contributed by atoms with Gasteiger partial charge in [-0.2, -0.15) is 0 Å². The molecule has 1 aliphatic heterocycles. The summed E-state index contributed by atoms with van der Waals surface area (Å²) in [4.78, 5) is 11.6. The quantitative estimate of drug-likeness (QED) is 0.915. The van der Waals surface area contributed by atoms with Crippen LogP contribution in [0.3, 0.4) is 0 Å². The first-order valence-electron chi connectivity index (χ1n) is 8.01. The maximum absolute atomic E-state index is 4.63. The lowest BCUT2D eigenvalue weighted by molar-refractivity contribution is 0.376. The van der Waals surface area contributed by atoms with Gasteiger partial charge in [0.25, 0.3) is 0 Å². The van der Waals surface area contributed by atoms with E-state index in [1.54, 1.807) is 0 Å². The van der Waals surface area contributed by atoms with Crippen molar-refractivity contribution in [2.75, 3.05) is 31.1 Å². The molecule has 1 atom stereocenters. The number of rotatable bonds is 5. The monoisotopic (exact) mass is 287 g/mol. The van der Waals surface area contributed by atoms with Crippen molar-refractivity contribution >= 4 is 16.9 Å². The maximum Gasteiger partial charge on any atom is 0.156 e. The van der Waals surface area contributed by atoms with Crippen LogP contribution in [-0.4, -0.2) is 40.7 Å². The van der Waals surface area contributed by atoms with Crippen molar-refractivity contribution in [1.29, 1.82) is 0 Å². The predicted molar refractivity (Wildman–Crippen MR) is 86.6 cm³/mol. The Morgan fingerprint density at radius 1 is 1.43 bits per heavy atom. The Bertz CT molecular complexity index is 585. The van der Waals surface area contributed by atoms with Crippen LogP contribution in [0.2, 0.25) is 0 Å². The molecule has 3 heterocycles. The molecule has 3 rings (SSSR count). The molecule has 0 amide bonds. The summed E-state index contributed by atoms with van der Waals surface area (Å²) in [6.07, 6.45) is 7.51. The van der Waals surface area contributed by atoms with Crippen LogP contribution in [0.1, 0.15) is 26.2 Å². The summed E-state index contributed by atoms with van der Waals surface area (Å²) in [7, 11) is 2.04.